The summed E-state index contributed by atoms with van der Waals surface area (Å²) in [7, 11) is -3.59. The van der Waals surface area contributed by atoms with Crippen LogP contribution in [0.2, 0.25) is 0 Å². The number of thiophene rings is 1. The molecule has 0 amide bonds. The summed E-state index contributed by atoms with van der Waals surface area (Å²) < 4.78 is 27.5. The molecule has 0 saturated heterocycles. The van der Waals surface area contributed by atoms with E-state index >= 15 is 0 Å². The van der Waals surface area contributed by atoms with E-state index in [1.54, 1.807) is 33.8 Å². The smallest absolute Gasteiger partial charge is 0.207 e. The zero-order valence-corrected chi connectivity index (χ0v) is 13.8. The van der Waals surface area contributed by atoms with E-state index in [1.807, 2.05) is 24.4 Å². The fraction of sp³-hybridized carbons (Fsp3) is 0.312. The van der Waals surface area contributed by atoms with Gasteiger partial charge in [-0.25, -0.2) is 8.42 Å². The maximum atomic E-state index is 13.0. The predicted octanol–water partition coefficient (Wildman–Crippen LogP) is 3.32. The maximum absolute atomic E-state index is 13.0. The first-order valence-electron chi connectivity index (χ1n) is 7.16. The Hall–Kier alpha value is -1.68. The number of rotatable bonds is 3. The van der Waals surface area contributed by atoms with Crippen molar-refractivity contribution in [1.82, 2.24) is 4.31 Å². The average Bonchev–Trinajstić information content (AvgIpc) is 3.02. The highest BCUT2D eigenvalue weighted by Gasteiger charge is 2.35. The van der Waals surface area contributed by atoms with E-state index in [-0.39, 0.29) is 10.9 Å². The zero-order valence-electron chi connectivity index (χ0n) is 12.2. The van der Waals surface area contributed by atoms with E-state index in [9.17, 15) is 8.42 Å². The molecule has 1 aromatic heterocycles. The fourth-order valence-corrected chi connectivity index (χ4v) is 5.60. The van der Waals surface area contributed by atoms with Gasteiger partial charge in [0.05, 0.1) is 22.6 Å². The molecule has 1 aliphatic rings. The third-order valence-corrected chi connectivity index (χ3v) is 6.90. The van der Waals surface area contributed by atoms with Gasteiger partial charge in [0.1, 0.15) is 0 Å². The second-order valence-corrected chi connectivity index (χ2v) is 8.12. The topological polar surface area (TPSA) is 61.2 Å². The van der Waals surface area contributed by atoms with Gasteiger partial charge in [0.2, 0.25) is 10.0 Å². The van der Waals surface area contributed by atoms with Crippen LogP contribution >= 0.6 is 11.3 Å². The molecule has 0 spiro atoms. The maximum Gasteiger partial charge on any atom is 0.243 e. The number of hydrogen-bond acceptors (Lipinski definition) is 4. The average molecular weight is 332 g/mol. The molecule has 1 aliphatic heterocycles. The highest BCUT2D eigenvalue weighted by molar-refractivity contribution is 7.89. The van der Waals surface area contributed by atoms with Crippen LogP contribution in [0.5, 0.6) is 0 Å². The summed E-state index contributed by atoms with van der Waals surface area (Å²) in [4.78, 5) is 1.48. The van der Waals surface area contributed by atoms with Gasteiger partial charge in [0.25, 0.3) is 0 Å². The summed E-state index contributed by atoms with van der Waals surface area (Å²) in [6, 6.07) is 10.2. The SMILES string of the molecule is CCC1c2ccsc2CCN1S(=O)(=O)c1cccc(C#N)c1. The predicted molar refractivity (Wildman–Crippen MR) is 86.1 cm³/mol. The van der Waals surface area contributed by atoms with Gasteiger partial charge in [0, 0.05) is 11.4 Å². The number of nitrogens with zero attached hydrogens (tertiary/aromatic N) is 2. The first-order chi connectivity index (χ1) is 10.6. The van der Waals surface area contributed by atoms with Crippen molar-refractivity contribution in [2.75, 3.05) is 6.54 Å². The molecule has 1 unspecified atom stereocenters. The van der Waals surface area contributed by atoms with Crippen LogP contribution in [0.15, 0.2) is 40.6 Å². The van der Waals surface area contributed by atoms with E-state index in [2.05, 4.69) is 0 Å². The van der Waals surface area contributed by atoms with E-state index in [1.165, 1.54) is 10.9 Å². The normalized spacial score (nSPS) is 18.6. The Labute approximate surface area is 134 Å². The van der Waals surface area contributed by atoms with Crippen molar-refractivity contribution in [3.8, 4) is 6.07 Å². The van der Waals surface area contributed by atoms with Crippen LogP contribution in [0.25, 0.3) is 0 Å². The van der Waals surface area contributed by atoms with Gasteiger partial charge in [-0.2, -0.15) is 9.57 Å². The van der Waals surface area contributed by atoms with Gasteiger partial charge in [-0.15, -0.1) is 11.3 Å². The lowest BCUT2D eigenvalue weighted by atomic mass is 10.0. The van der Waals surface area contributed by atoms with Crippen LogP contribution in [0.3, 0.4) is 0 Å². The van der Waals surface area contributed by atoms with E-state index in [0.29, 0.717) is 12.1 Å². The van der Waals surface area contributed by atoms with Crippen molar-refractivity contribution in [3.63, 3.8) is 0 Å². The molecular weight excluding hydrogens is 316 g/mol. The Balaban J connectivity index is 2.04. The van der Waals surface area contributed by atoms with E-state index in [4.69, 9.17) is 5.26 Å². The van der Waals surface area contributed by atoms with Gasteiger partial charge in [-0.05, 0) is 48.1 Å². The molecule has 22 heavy (non-hydrogen) atoms. The van der Waals surface area contributed by atoms with Gasteiger partial charge in [-0.1, -0.05) is 13.0 Å². The second-order valence-electron chi connectivity index (χ2n) is 5.23. The van der Waals surface area contributed by atoms with Gasteiger partial charge in [0.15, 0.2) is 0 Å². The van der Waals surface area contributed by atoms with Crippen LogP contribution < -0.4 is 0 Å². The Morgan fingerprint density at radius 1 is 1.41 bits per heavy atom. The Bertz CT molecular complexity index is 834. The molecule has 0 radical (unpaired) electrons. The van der Waals surface area contributed by atoms with Crippen molar-refractivity contribution in [3.05, 3.63) is 51.7 Å². The molecule has 2 aromatic rings. The fourth-order valence-electron chi connectivity index (χ4n) is 2.95. The highest BCUT2D eigenvalue weighted by atomic mass is 32.2. The van der Waals surface area contributed by atoms with Crippen molar-refractivity contribution in [2.24, 2.45) is 0 Å². The number of hydrogen-bond donors (Lipinski definition) is 0. The molecule has 0 bridgehead atoms. The summed E-state index contributed by atoms with van der Waals surface area (Å²) in [6.45, 7) is 2.50. The van der Waals surface area contributed by atoms with Crippen molar-refractivity contribution < 1.29 is 8.42 Å². The van der Waals surface area contributed by atoms with Gasteiger partial charge in [-0.3, -0.25) is 0 Å². The summed E-state index contributed by atoms with van der Waals surface area (Å²) in [5.74, 6) is 0. The number of sulfonamides is 1. The monoisotopic (exact) mass is 332 g/mol. The Morgan fingerprint density at radius 2 is 2.23 bits per heavy atom. The van der Waals surface area contributed by atoms with Crippen molar-refractivity contribution >= 4 is 21.4 Å². The first-order valence-corrected chi connectivity index (χ1v) is 9.48. The Kier molecular flexibility index (Phi) is 4.04. The third kappa shape index (κ3) is 2.45. The largest absolute Gasteiger partial charge is 0.243 e. The minimum Gasteiger partial charge on any atom is -0.207 e. The van der Waals surface area contributed by atoms with E-state index < -0.39 is 10.0 Å². The highest BCUT2D eigenvalue weighted by Crippen LogP contribution is 2.38. The molecule has 1 aromatic carbocycles. The standard InChI is InChI=1S/C16H16N2O2S2/c1-2-15-14-7-9-21-16(14)6-8-18(15)22(19,20)13-5-3-4-12(10-13)11-17/h3-5,7,9-10,15H,2,6,8H2,1H3. The van der Waals surface area contributed by atoms with Gasteiger partial charge >= 0.3 is 0 Å². The summed E-state index contributed by atoms with van der Waals surface area (Å²) in [5.41, 5.74) is 1.49. The number of benzene rings is 1. The molecule has 0 saturated carbocycles. The lowest BCUT2D eigenvalue weighted by molar-refractivity contribution is 0.303. The summed E-state index contributed by atoms with van der Waals surface area (Å²) in [5, 5.41) is 11.0. The second kappa shape index (κ2) is 5.84. The lowest BCUT2D eigenvalue weighted by Gasteiger charge is -2.34. The van der Waals surface area contributed by atoms with Crippen LogP contribution in [-0.2, 0) is 16.4 Å². The Morgan fingerprint density at radius 3 is 2.95 bits per heavy atom. The summed E-state index contributed by atoms with van der Waals surface area (Å²) in [6.07, 6.45) is 1.49. The minimum atomic E-state index is -3.59. The molecule has 2 heterocycles. The van der Waals surface area contributed by atoms with Crippen LogP contribution in [-0.4, -0.2) is 19.3 Å². The molecule has 1 atom stereocenters. The van der Waals surface area contributed by atoms with Crippen LogP contribution in [0, 0.1) is 11.3 Å². The van der Waals surface area contributed by atoms with Crippen LogP contribution in [0.4, 0.5) is 0 Å². The van der Waals surface area contributed by atoms with Crippen molar-refractivity contribution in [2.45, 2.75) is 30.7 Å². The molecule has 0 aliphatic carbocycles. The van der Waals surface area contributed by atoms with E-state index in [0.717, 1.165) is 18.4 Å². The minimum absolute atomic E-state index is 0.120. The van der Waals surface area contributed by atoms with Crippen molar-refractivity contribution in [1.29, 1.82) is 5.26 Å². The molecule has 0 fully saturated rings. The lowest BCUT2D eigenvalue weighted by Crippen LogP contribution is -2.39. The molecular formula is C16H16N2O2S2. The molecule has 114 valence electrons. The third-order valence-electron chi connectivity index (χ3n) is 4.00. The molecule has 4 nitrogen and oxygen atoms in total. The number of nitriles is 1. The molecule has 6 heteroatoms. The number of fused-ring (bicyclic) bond motifs is 1. The molecule has 0 N–H and O–H groups in total. The quantitative estimate of drug-likeness (QED) is 0.866. The van der Waals surface area contributed by atoms with Gasteiger partial charge < -0.3 is 0 Å². The van der Waals surface area contributed by atoms with Crippen LogP contribution in [0.1, 0.15) is 35.4 Å². The molecule has 3 rings (SSSR count). The first kappa shape index (κ1) is 15.2. The summed E-state index contributed by atoms with van der Waals surface area (Å²) >= 11 is 1.69. The zero-order chi connectivity index (χ0) is 15.7.